The van der Waals surface area contributed by atoms with Crippen LogP contribution in [-0.4, -0.2) is 116 Å². The predicted octanol–water partition coefficient (Wildman–Crippen LogP) is 4.43. The third-order valence-electron chi connectivity index (χ3n) is 10.1. The van der Waals surface area contributed by atoms with E-state index in [0.29, 0.717) is 25.7 Å². The Bertz CT molecular complexity index is 1260. The first-order valence-corrected chi connectivity index (χ1v) is 19.0. The van der Waals surface area contributed by atoms with Gasteiger partial charge in [0.25, 0.3) is 0 Å². The Morgan fingerprint density at radius 2 is 1.46 bits per heavy atom. The standard InChI is InChI=1S/C37H62N4O11/c1-36(2,3)51-34(49)38-19-13-12-17-25(30(44)33(47)48)39-31(45)27-21-24-16-10-11-18-26(24)41(27)32(46)28(20-23-14-8-7-9-15-23)40(22-29(42)43)35(50)52-37(4,5)6/h23-28,30,44H,7-22H2,1-6H3,(H,38,49)(H,39,45)(H,42,43)(H,47,48)/t24?,25-,26?,27-,28+,30?/m0/s1. The first kappa shape index (κ1) is 42.8. The Hall–Kier alpha value is -3.62. The second-order valence-corrected chi connectivity index (χ2v) is 16.7. The highest BCUT2D eigenvalue weighted by atomic mass is 16.6. The Balaban J connectivity index is 1.88. The number of hydrogen-bond acceptors (Lipinski definition) is 9. The molecular weight excluding hydrogens is 676 g/mol. The summed E-state index contributed by atoms with van der Waals surface area (Å²) in [4.78, 5) is 81.2. The van der Waals surface area contributed by atoms with Gasteiger partial charge in [0, 0.05) is 12.6 Å². The molecule has 3 rings (SSSR count). The van der Waals surface area contributed by atoms with Crippen molar-refractivity contribution in [2.45, 2.75) is 173 Å². The van der Waals surface area contributed by atoms with Crippen LogP contribution in [0.15, 0.2) is 0 Å². The van der Waals surface area contributed by atoms with E-state index < -0.39 is 77.9 Å². The second-order valence-electron chi connectivity index (χ2n) is 16.7. The van der Waals surface area contributed by atoms with E-state index in [1.165, 1.54) is 4.90 Å². The fraction of sp³-hybridized carbons (Fsp3) is 0.838. The van der Waals surface area contributed by atoms with E-state index in [0.717, 1.165) is 56.3 Å². The summed E-state index contributed by atoms with van der Waals surface area (Å²) in [5.74, 6) is -3.89. The van der Waals surface area contributed by atoms with Crippen LogP contribution < -0.4 is 10.6 Å². The maximum absolute atomic E-state index is 14.9. The summed E-state index contributed by atoms with van der Waals surface area (Å²) in [7, 11) is 0. The van der Waals surface area contributed by atoms with Crippen LogP contribution in [0.3, 0.4) is 0 Å². The van der Waals surface area contributed by atoms with Gasteiger partial charge in [-0.15, -0.1) is 0 Å². The van der Waals surface area contributed by atoms with E-state index in [2.05, 4.69) is 10.6 Å². The molecule has 3 fully saturated rings. The van der Waals surface area contributed by atoms with E-state index in [1.807, 2.05) is 0 Å². The Morgan fingerprint density at radius 1 is 0.846 bits per heavy atom. The number of aliphatic carboxylic acids is 2. The van der Waals surface area contributed by atoms with E-state index in [4.69, 9.17) is 9.47 Å². The van der Waals surface area contributed by atoms with Gasteiger partial charge in [0.2, 0.25) is 11.8 Å². The summed E-state index contributed by atoms with van der Waals surface area (Å²) in [5, 5.41) is 35.5. The molecule has 3 unspecified atom stereocenters. The molecule has 0 radical (unpaired) electrons. The molecule has 0 bridgehead atoms. The Labute approximate surface area is 307 Å². The van der Waals surface area contributed by atoms with Gasteiger partial charge in [-0.1, -0.05) is 44.9 Å². The number of aliphatic hydroxyl groups is 1. The lowest BCUT2D eigenvalue weighted by atomic mass is 9.83. The molecule has 0 aromatic carbocycles. The van der Waals surface area contributed by atoms with E-state index in [-0.39, 0.29) is 37.3 Å². The number of nitrogens with zero attached hydrogens (tertiary/aromatic N) is 2. The van der Waals surface area contributed by atoms with Crippen LogP contribution in [0.5, 0.6) is 0 Å². The van der Waals surface area contributed by atoms with Crippen LogP contribution in [0.4, 0.5) is 9.59 Å². The molecule has 15 nitrogen and oxygen atoms in total. The zero-order valence-corrected chi connectivity index (χ0v) is 31.9. The second kappa shape index (κ2) is 18.9. The normalized spacial score (nSPS) is 22.7. The van der Waals surface area contributed by atoms with Gasteiger partial charge >= 0.3 is 24.1 Å². The van der Waals surface area contributed by atoms with Crippen molar-refractivity contribution in [3.05, 3.63) is 0 Å². The van der Waals surface area contributed by atoms with Crippen molar-refractivity contribution in [2.75, 3.05) is 13.1 Å². The summed E-state index contributed by atoms with van der Waals surface area (Å²) in [5.41, 5.74) is -1.62. The molecule has 296 valence electrons. The van der Waals surface area contributed by atoms with Crippen LogP contribution in [-0.2, 0) is 28.7 Å². The molecule has 3 aliphatic rings. The number of aliphatic hydroxyl groups excluding tert-OH is 1. The number of likely N-dealkylation sites (tertiary alicyclic amines) is 1. The molecule has 1 heterocycles. The lowest BCUT2D eigenvalue weighted by Gasteiger charge is -2.40. The number of ether oxygens (including phenoxy) is 2. The number of hydrogen-bond donors (Lipinski definition) is 5. The molecular formula is C37H62N4O11. The van der Waals surface area contributed by atoms with Gasteiger partial charge in [-0.3, -0.25) is 19.3 Å². The number of carbonyl (C=O) groups is 6. The molecule has 0 aromatic heterocycles. The number of carboxylic acids is 2. The van der Waals surface area contributed by atoms with E-state index >= 15 is 0 Å². The Morgan fingerprint density at radius 3 is 2.06 bits per heavy atom. The molecule has 52 heavy (non-hydrogen) atoms. The van der Waals surface area contributed by atoms with Gasteiger partial charge in [-0.2, -0.15) is 0 Å². The number of amides is 4. The van der Waals surface area contributed by atoms with Gasteiger partial charge in [0.05, 0.1) is 6.04 Å². The average Bonchev–Trinajstić information content (AvgIpc) is 3.43. The van der Waals surface area contributed by atoms with Gasteiger partial charge < -0.3 is 40.3 Å². The number of unbranched alkanes of at least 4 members (excludes halogenated alkanes) is 1. The van der Waals surface area contributed by atoms with Crippen LogP contribution >= 0.6 is 0 Å². The van der Waals surface area contributed by atoms with Crippen LogP contribution in [0, 0.1) is 11.8 Å². The highest BCUT2D eigenvalue weighted by Gasteiger charge is 2.51. The fourth-order valence-electron chi connectivity index (χ4n) is 7.81. The molecule has 2 aliphatic carbocycles. The van der Waals surface area contributed by atoms with Crippen molar-refractivity contribution in [3.8, 4) is 0 Å². The number of alkyl carbamates (subject to hydrolysis) is 1. The lowest BCUT2D eigenvalue weighted by molar-refractivity contribution is -0.151. The third-order valence-corrected chi connectivity index (χ3v) is 10.1. The van der Waals surface area contributed by atoms with Crippen molar-refractivity contribution >= 4 is 35.9 Å². The smallest absolute Gasteiger partial charge is 0.411 e. The first-order valence-electron chi connectivity index (χ1n) is 19.0. The molecule has 0 aromatic rings. The number of carbonyl (C=O) groups excluding carboxylic acids is 4. The van der Waals surface area contributed by atoms with Crippen molar-refractivity contribution in [1.29, 1.82) is 0 Å². The third kappa shape index (κ3) is 13.1. The summed E-state index contributed by atoms with van der Waals surface area (Å²) in [6.45, 7) is 9.69. The fourth-order valence-corrected chi connectivity index (χ4v) is 7.81. The number of rotatable bonds is 15. The highest BCUT2D eigenvalue weighted by molar-refractivity contribution is 5.93. The zero-order chi connectivity index (χ0) is 38.8. The molecule has 15 heteroatoms. The lowest BCUT2D eigenvalue weighted by Crippen LogP contribution is -2.60. The molecule has 4 amide bonds. The topological polar surface area (TPSA) is 212 Å². The molecule has 0 spiro atoms. The summed E-state index contributed by atoms with van der Waals surface area (Å²) < 4.78 is 10.8. The van der Waals surface area contributed by atoms with Crippen LogP contribution in [0.2, 0.25) is 0 Å². The van der Waals surface area contributed by atoms with Gasteiger partial charge in [-0.05, 0) is 98.3 Å². The molecule has 2 saturated carbocycles. The quantitative estimate of drug-likeness (QED) is 0.148. The highest BCUT2D eigenvalue weighted by Crippen LogP contribution is 2.41. The number of fused-ring (bicyclic) bond motifs is 1. The molecule has 1 saturated heterocycles. The van der Waals surface area contributed by atoms with Crippen molar-refractivity contribution in [2.24, 2.45) is 11.8 Å². The molecule has 5 N–H and O–H groups in total. The van der Waals surface area contributed by atoms with Crippen LogP contribution in [0.1, 0.15) is 131 Å². The van der Waals surface area contributed by atoms with Crippen LogP contribution in [0.25, 0.3) is 0 Å². The minimum Gasteiger partial charge on any atom is -0.480 e. The van der Waals surface area contributed by atoms with Crippen molar-refractivity contribution in [3.63, 3.8) is 0 Å². The molecule has 1 aliphatic heterocycles. The largest absolute Gasteiger partial charge is 0.480 e. The zero-order valence-electron chi connectivity index (χ0n) is 31.9. The predicted molar refractivity (Wildman–Crippen MR) is 190 cm³/mol. The Kier molecular flexibility index (Phi) is 15.6. The van der Waals surface area contributed by atoms with Gasteiger partial charge in [0.1, 0.15) is 29.8 Å². The van der Waals surface area contributed by atoms with Gasteiger partial charge in [0.15, 0.2) is 6.10 Å². The summed E-state index contributed by atoms with van der Waals surface area (Å²) in [6.07, 6.45) is 5.76. The maximum atomic E-state index is 14.9. The SMILES string of the molecule is CC(C)(C)OC(=O)NCCCC[C@H](NC(=O)[C@@H]1CC2CCCCC2N1C(=O)[C@@H](CC1CCCCC1)N(CC(=O)O)C(=O)OC(C)(C)C)C(O)C(=O)O. The minimum atomic E-state index is -1.92. The first-order chi connectivity index (χ1) is 24.3. The van der Waals surface area contributed by atoms with Crippen molar-refractivity contribution < 1.29 is 53.6 Å². The van der Waals surface area contributed by atoms with Crippen molar-refractivity contribution in [1.82, 2.24) is 20.4 Å². The maximum Gasteiger partial charge on any atom is 0.411 e. The minimum absolute atomic E-state index is 0.0139. The monoisotopic (exact) mass is 738 g/mol. The summed E-state index contributed by atoms with van der Waals surface area (Å²) in [6, 6.07) is -3.72. The van der Waals surface area contributed by atoms with E-state index in [1.54, 1.807) is 41.5 Å². The van der Waals surface area contributed by atoms with Gasteiger partial charge in [-0.25, -0.2) is 14.4 Å². The summed E-state index contributed by atoms with van der Waals surface area (Å²) >= 11 is 0. The van der Waals surface area contributed by atoms with E-state index in [9.17, 15) is 44.1 Å². The average molecular weight is 739 g/mol. The molecule has 6 atom stereocenters. The number of nitrogens with one attached hydrogen (secondary N) is 2. The number of carboxylic acid groups (broad SMARTS) is 2.